The van der Waals surface area contributed by atoms with Crippen molar-refractivity contribution in [2.75, 3.05) is 57.0 Å². The van der Waals surface area contributed by atoms with Crippen LogP contribution in [-0.2, 0) is 0 Å². The minimum Gasteiger partial charge on any atom is -0.374 e. The molecule has 1 aromatic carbocycles. The summed E-state index contributed by atoms with van der Waals surface area (Å²) in [4.78, 5) is 22.3. The predicted octanol–water partition coefficient (Wildman–Crippen LogP) is 3.83. The van der Waals surface area contributed by atoms with Crippen molar-refractivity contribution in [3.05, 3.63) is 40.7 Å². The first-order valence-electron chi connectivity index (χ1n) is 10.7. The van der Waals surface area contributed by atoms with E-state index in [4.69, 9.17) is 0 Å². The van der Waals surface area contributed by atoms with Crippen LogP contribution in [-0.4, -0.2) is 72.0 Å². The van der Waals surface area contributed by atoms with Gasteiger partial charge in [-0.2, -0.15) is 4.37 Å². The van der Waals surface area contributed by atoms with Crippen molar-refractivity contribution < 1.29 is 13.6 Å². The highest BCUT2D eigenvalue weighted by atomic mass is 32.1. The van der Waals surface area contributed by atoms with E-state index in [2.05, 4.69) is 26.6 Å². The largest absolute Gasteiger partial charge is 0.374 e. The number of aromatic nitrogens is 2. The fraction of sp³-hybridized carbons (Fsp3) is 0.500. The Balaban J connectivity index is 1.36. The molecule has 2 saturated heterocycles. The summed E-state index contributed by atoms with van der Waals surface area (Å²) in [7, 11) is 3.93. The molecule has 2 aliphatic rings. The Kier molecular flexibility index (Phi) is 6.71. The molecule has 2 aliphatic heterocycles. The van der Waals surface area contributed by atoms with E-state index in [-0.39, 0.29) is 11.6 Å². The average molecular weight is 463 g/mol. The number of nitrogens with one attached hydrogen (secondary N) is 1. The van der Waals surface area contributed by atoms with Crippen molar-refractivity contribution in [2.45, 2.75) is 19.8 Å². The van der Waals surface area contributed by atoms with Crippen LogP contribution in [0.25, 0.3) is 6.08 Å². The molecule has 0 unspecified atom stereocenters. The molecule has 3 heterocycles. The Morgan fingerprint density at radius 1 is 1.28 bits per heavy atom. The van der Waals surface area contributed by atoms with Crippen molar-refractivity contribution >= 4 is 34.5 Å². The molecule has 4 rings (SSSR count). The van der Waals surface area contributed by atoms with Crippen LogP contribution >= 0.6 is 11.5 Å². The van der Waals surface area contributed by atoms with Crippen LogP contribution in [0.4, 0.5) is 24.4 Å². The highest BCUT2D eigenvalue weighted by Gasteiger charge is 2.25. The normalized spacial score (nSPS) is 17.3. The first-order valence-corrected chi connectivity index (χ1v) is 11.5. The number of aryl methyl sites for hydroxylation is 1. The number of amides is 2. The molecule has 1 aromatic heterocycles. The minimum absolute atomic E-state index is 0.0113. The van der Waals surface area contributed by atoms with Gasteiger partial charge in [0.2, 0.25) is 5.13 Å². The Morgan fingerprint density at radius 3 is 2.50 bits per heavy atom. The zero-order valence-electron chi connectivity index (χ0n) is 18.6. The van der Waals surface area contributed by atoms with Gasteiger partial charge in [0.1, 0.15) is 17.5 Å². The number of nitrogens with zero attached hydrogens (tertiary/aromatic N) is 5. The molecule has 32 heavy (non-hydrogen) atoms. The molecule has 2 fully saturated rings. The lowest BCUT2D eigenvalue weighted by Crippen LogP contribution is -2.48. The fourth-order valence-corrected chi connectivity index (χ4v) is 4.79. The number of rotatable bonds is 5. The van der Waals surface area contributed by atoms with E-state index in [0.29, 0.717) is 48.5 Å². The van der Waals surface area contributed by atoms with Gasteiger partial charge in [-0.25, -0.2) is 18.6 Å². The van der Waals surface area contributed by atoms with Crippen LogP contribution in [0.5, 0.6) is 0 Å². The summed E-state index contributed by atoms with van der Waals surface area (Å²) >= 11 is 1.14. The van der Waals surface area contributed by atoms with E-state index in [1.54, 1.807) is 17.9 Å². The Bertz CT molecular complexity index is 987. The van der Waals surface area contributed by atoms with Crippen LogP contribution in [0.2, 0.25) is 0 Å². The second-order valence-electron chi connectivity index (χ2n) is 8.66. The smallest absolute Gasteiger partial charge is 0.323 e. The summed E-state index contributed by atoms with van der Waals surface area (Å²) in [6.07, 6.45) is 2.73. The number of halogens is 2. The Hall–Kier alpha value is -2.59. The number of likely N-dealkylation sites (tertiary alicyclic amines) is 2. The summed E-state index contributed by atoms with van der Waals surface area (Å²) in [6, 6.07) is 2.58. The molecule has 10 heteroatoms. The zero-order valence-corrected chi connectivity index (χ0v) is 19.4. The third kappa shape index (κ3) is 5.24. The number of hydrogen-bond donors (Lipinski definition) is 1. The van der Waals surface area contributed by atoms with E-state index in [9.17, 15) is 13.6 Å². The maximum absolute atomic E-state index is 14.8. The van der Waals surface area contributed by atoms with Crippen molar-refractivity contribution in [3.8, 4) is 0 Å². The third-order valence-electron chi connectivity index (χ3n) is 5.96. The number of urea groups is 1. The van der Waals surface area contributed by atoms with Gasteiger partial charge in [0.15, 0.2) is 0 Å². The highest BCUT2D eigenvalue weighted by molar-refractivity contribution is 7.09. The minimum atomic E-state index is -0.558. The Morgan fingerprint density at radius 2 is 1.94 bits per heavy atom. The molecule has 7 nitrogen and oxygen atoms in total. The summed E-state index contributed by atoms with van der Waals surface area (Å²) in [6.45, 7) is 5.52. The predicted molar refractivity (Wildman–Crippen MR) is 123 cm³/mol. The summed E-state index contributed by atoms with van der Waals surface area (Å²) in [5, 5.41) is 3.21. The SMILES string of the molecule is Cc1nsc(NC(=O)N2CCC(=Cc3c(F)cc(N(C)CC4CN(C)C4)cc3F)CC2)n1. The monoisotopic (exact) mass is 462 g/mol. The number of carbonyl (C=O) groups excluding carboxylic acids is 1. The number of benzene rings is 1. The fourth-order valence-electron chi connectivity index (χ4n) is 4.23. The standard InChI is InChI=1S/C22H28F2N6OS/c1-14-25-21(32-27-14)26-22(31)30-6-4-15(5-7-30)8-18-19(23)9-17(10-20(18)24)29(3)13-16-11-28(2)12-16/h8-10,16H,4-7,11-13H2,1-3H3,(H,25,26,27,31). The zero-order chi connectivity index (χ0) is 22.8. The van der Waals surface area contributed by atoms with Gasteiger partial charge < -0.3 is 14.7 Å². The Labute approximate surface area is 190 Å². The average Bonchev–Trinajstić information content (AvgIpc) is 3.14. The lowest BCUT2D eigenvalue weighted by molar-refractivity contribution is 0.140. The maximum atomic E-state index is 14.8. The molecule has 0 saturated carbocycles. The lowest BCUT2D eigenvalue weighted by Gasteiger charge is -2.39. The van der Waals surface area contributed by atoms with Gasteiger partial charge in [-0.3, -0.25) is 5.32 Å². The highest BCUT2D eigenvalue weighted by Crippen LogP contribution is 2.27. The lowest BCUT2D eigenvalue weighted by atomic mass is 9.99. The molecule has 0 bridgehead atoms. The second kappa shape index (κ2) is 9.50. The maximum Gasteiger partial charge on any atom is 0.323 e. The summed E-state index contributed by atoms with van der Waals surface area (Å²) in [5.41, 5.74) is 1.47. The van der Waals surface area contributed by atoms with Crippen molar-refractivity contribution in [1.29, 1.82) is 0 Å². The first-order chi connectivity index (χ1) is 15.3. The van der Waals surface area contributed by atoms with E-state index in [1.807, 2.05) is 11.9 Å². The molecule has 172 valence electrons. The van der Waals surface area contributed by atoms with E-state index < -0.39 is 11.6 Å². The molecule has 0 atom stereocenters. The molecular weight excluding hydrogens is 434 g/mol. The van der Waals surface area contributed by atoms with Crippen LogP contribution in [0.1, 0.15) is 24.2 Å². The topological polar surface area (TPSA) is 64.6 Å². The van der Waals surface area contributed by atoms with Crippen LogP contribution in [0.3, 0.4) is 0 Å². The number of piperidine rings is 1. The van der Waals surface area contributed by atoms with Gasteiger partial charge in [0.05, 0.1) is 0 Å². The van der Waals surface area contributed by atoms with E-state index in [0.717, 1.165) is 36.7 Å². The van der Waals surface area contributed by atoms with Gasteiger partial charge in [-0.05, 0) is 45.0 Å². The molecule has 0 radical (unpaired) electrons. The van der Waals surface area contributed by atoms with Gasteiger partial charge in [-0.15, -0.1) is 0 Å². The molecule has 1 N–H and O–H groups in total. The summed E-state index contributed by atoms with van der Waals surface area (Å²) < 4.78 is 33.6. The third-order valence-corrected chi connectivity index (χ3v) is 6.68. The van der Waals surface area contributed by atoms with Crippen LogP contribution < -0.4 is 10.2 Å². The molecular formula is C22H28F2N6OS. The number of anilines is 2. The number of carbonyl (C=O) groups is 1. The van der Waals surface area contributed by atoms with E-state index >= 15 is 0 Å². The molecule has 2 amide bonds. The quantitative estimate of drug-likeness (QED) is 0.732. The van der Waals surface area contributed by atoms with Gasteiger partial charge in [-0.1, -0.05) is 5.57 Å². The van der Waals surface area contributed by atoms with Crippen molar-refractivity contribution in [2.24, 2.45) is 5.92 Å². The number of hydrogen-bond acceptors (Lipinski definition) is 6. The molecule has 0 spiro atoms. The first kappa shape index (κ1) is 22.6. The van der Waals surface area contributed by atoms with Crippen LogP contribution in [0.15, 0.2) is 17.7 Å². The van der Waals surface area contributed by atoms with Crippen molar-refractivity contribution in [1.82, 2.24) is 19.2 Å². The van der Waals surface area contributed by atoms with Crippen LogP contribution in [0, 0.1) is 24.5 Å². The van der Waals surface area contributed by atoms with E-state index in [1.165, 1.54) is 12.1 Å². The second-order valence-corrected chi connectivity index (χ2v) is 9.41. The molecule has 2 aromatic rings. The van der Waals surface area contributed by atoms with Crippen molar-refractivity contribution in [3.63, 3.8) is 0 Å². The molecule has 0 aliphatic carbocycles. The van der Waals surface area contributed by atoms with Gasteiger partial charge in [0.25, 0.3) is 0 Å². The van der Waals surface area contributed by atoms with Gasteiger partial charge >= 0.3 is 6.03 Å². The summed E-state index contributed by atoms with van der Waals surface area (Å²) in [5.74, 6) is 0.0241. The van der Waals surface area contributed by atoms with Gasteiger partial charge in [0, 0.05) is 68.5 Å².